The molecule has 0 bridgehead atoms. The van der Waals surface area contributed by atoms with E-state index in [0.29, 0.717) is 16.8 Å². The van der Waals surface area contributed by atoms with Gasteiger partial charge in [-0.15, -0.1) is 0 Å². The second kappa shape index (κ2) is 9.97. The van der Waals surface area contributed by atoms with Crippen LogP contribution < -0.4 is 27.0 Å². The number of rotatable bonds is 6. The van der Waals surface area contributed by atoms with E-state index in [9.17, 15) is 14.4 Å². The molecule has 0 unspecified atom stereocenters. The quantitative estimate of drug-likeness (QED) is 0.402. The summed E-state index contributed by atoms with van der Waals surface area (Å²) in [5.41, 5.74) is 10.7. The minimum Gasteiger partial charge on any atom is -0.366 e. The summed E-state index contributed by atoms with van der Waals surface area (Å²) in [4.78, 5) is 36.0. The molecule has 0 fully saturated rings. The lowest BCUT2D eigenvalue weighted by molar-refractivity contribution is 0.0997. The number of primary amides is 1. The molecule has 8 heteroatoms. The first kappa shape index (κ1) is 22.0. The third kappa shape index (κ3) is 5.75. The van der Waals surface area contributed by atoms with E-state index in [1.165, 1.54) is 11.1 Å². The molecule has 0 radical (unpaired) electrons. The van der Waals surface area contributed by atoms with Crippen molar-refractivity contribution < 1.29 is 14.4 Å². The fourth-order valence-corrected chi connectivity index (χ4v) is 3.66. The van der Waals surface area contributed by atoms with E-state index in [1.54, 1.807) is 42.5 Å². The molecular formula is C25H25N5O3. The molecule has 0 atom stereocenters. The monoisotopic (exact) mass is 443 g/mol. The highest BCUT2D eigenvalue weighted by atomic mass is 16.2. The number of carbonyl (C=O) groups excluding carboxylic acids is 3. The van der Waals surface area contributed by atoms with Gasteiger partial charge in [0.1, 0.15) is 0 Å². The van der Waals surface area contributed by atoms with Crippen molar-refractivity contribution in [3.63, 3.8) is 0 Å². The highest BCUT2D eigenvalue weighted by Gasteiger charge is 2.12. The molecule has 0 aromatic heterocycles. The molecule has 33 heavy (non-hydrogen) atoms. The minimum atomic E-state index is -0.529. The van der Waals surface area contributed by atoms with Crippen LogP contribution in [-0.2, 0) is 19.5 Å². The first-order chi connectivity index (χ1) is 16.0. The molecular weight excluding hydrogens is 418 g/mol. The van der Waals surface area contributed by atoms with Crippen LogP contribution in [0.4, 0.5) is 16.2 Å². The number of amides is 4. The Morgan fingerprint density at radius 1 is 0.848 bits per heavy atom. The lowest BCUT2D eigenvalue weighted by atomic mass is 10.0. The third-order valence-electron chi connectivity index (χ3n) is 5.42. The average molecular weight is 444 g/mol. The van der Waals surface area contributed by atoms with Crippen molar-refractivity contribution in [2.24, 2.45) is 5.73 Å². The van der Waals surface area contributed by atoms with Gasteiger partial charge in [0.2, 0.25) is 5.91 Å². The van der Waals surface area contributed by atoms with Gasteiger partial charge in [0.05, 0.1) is 0 Å². The predicted octanol–water partition coefficient (Wildman–Crippen LogP) is 3.01. The van der Waals surface area contributed by atoms with Crippen LogP contribution in [0, 0.1) is 0 Å². The van der Waals surface area contributed by atoms with Gasteiger partial charge >= 0.3 is 6.03 Å². The second-order valence-electron chi connectivity index (χ2n) is 7.81. The van der Waals surface area contributed by atoms with Crippen LogP contribution in [0.5, 0.6) is 0 Å². The van der Waals surface area contributed by atoms with Gasteiger partial charge in [0, 0.05) is 35.6 Å². The van der Waals surface area contributed by atoms with Crippen LogP contribution in [0.2, 0.25) is 0 Å². The van der Waals surface area contributed by atoms with Gasteiger partial charge in [0.25, 0.3) is 5.91 Å². The normalized spacial score (nSPS) is 12.4. The summed E-state index contributed by atoms with van der Waals surface area (Å²) in [6, 6.07) is 19.0. The molecule has 1 aliphatic rings. The molecule has 3 aromatic carbocycles. The zero-order valence-electron chi connectivity index (χ0n) is 18.0. The molecule has 168 valence electrons. The van der Waals surface area contributed by atoms with E-state index in [2.05, 4.69) is 27.3 Å². The maximum atomic E-state index is 12.7. The van der Waals surface area contributed by atoms with Crippen LogP contribution in [0.1, 0.15) is 37.4 Å². The van der Waals surface area contributed by atoms with Crippen LogP contribution >= 0.6 is 0 Å². The van der Waals surface area contributed by atoms with E-state index >= 15 is 0 Å². The lowest BCUT2D eigenvalue weighted by Gasteiger charge is -2.18. The summed E-state index contributed by atoms with van der Waals surface area (Å²) in [6.45, 7) is 2.02. The van der Waals surface area contributed by atoms with Crippen molar-refractivity contribution in [1.82, 2.24) is 10.6 Å². The van der Waals surface area contributed by atoms with Crippen LogP contribution in [0.3, 0.4) is 0 Å². The summed E-state index contributed by atoms with van der Waals surface area (Å²) in [7, 11) is 0. The van der Waals surface area contributed by atoms with Crippen molar-refractivity contribution in [3.8, 4) is 0 Å². The topological polar surface area (TPSA) is 125 Å². The minimum absolute atomic E-state index is 0.209. The summed E-state index contributed by atoms with van der Waals surface area (Å²) >= 11 is 0. The number of carbonyl (C=O) groups is 3. The average Bonchev–Trinajstić information content (AvgIpc) is 2.83. The Hall–Kier alpha value is -4.17. The van der Waals surface area contributed by atoms with Gasteiger partial charge in [-0.1, -0.05) is 18.2 Å². The first-order valence-corrected chi connectivity index (χ1v) is 10.7. The molecule has 8 nitrogen and oxygen atoms in total. The number of nitrogens with one attached hydrogen (secondary N) is 4. The standard InChI is InChI=1S/C25H25N5O3/c26-23(31)18-5-7-21(8-6-18)30-25(33)28-14-16-2-1-3-19(12-16)24(32)29-22-9-4-17-10-11-27-15-20(17)13-22/h1-9,12-13,27H,10-11,14-15H2,(H2,26,31)(H,29,32)(H2,28,30,33). The highest BCUT2D eigenvalue weighted by Crippen LogP contribution is 2.20. The Kier molecular flexibility index (Phi) is 6.66. The molecule has 4 rings (SSSR count). The fourth-order valence-electron chi connectivity index (χ4n) is 3.66. The number of hydrogen-bond acceptors (Lipinski definition) is 4. The molecule has 0 saturated heterocycles. The van der Waals surface area contributed by atoms with Crippen LogP contribution in [-0.4, -0.2) is 24.4 Å². The van der Waals surface area contributed by atoms with E-state index < -0.39 is 11.9 Å². The van der Waals surface area contributed by atoms with Crippen molar-refractivity contribution in [2.75, 3.05) is 17.2 Å². The van der Waals surface area contributed by atoms with Gasteiger partial charge in [-0.2, -0.15) is 0 Å². The third-order valence-corrected chi connectivity index (χ3v) is 5.42. The number of hydrogen-bond donors (Lipinski definition) is 5. The largest absolute Gasteiger partial charge is 0.366 e. The molecule has 4 amide bonds. The molecule has 0 aliphatic carbocycles. The van der Waals surface area contributed by atoms with Gasteiger partial charge < -0.3 is 27.0 Å². The molecule has 1 heterocycles. The Bertz CT molecular complexity index is 1190. The lowest BCUT2D eigenvalue weighted by Crippen LogP contribution is -2.28. The Morgan fingerprint density at radius 2 is 1.64 bits per heavy atom. The number of anilines is 2. The Morgan fingerprint density at radius 3 is 2.42 bits per heavy atom. The van der Waals surface area contributed by atoms with Crippen molar-refractivity contribution >= 4 is 29.2 Å². The van der Waals surface area contributed by atoms with Gasteiger partial charge in [0.15, 0.2) is 0 Å². The van der Waals surface area contributed by atoms with Crippen LogP contribution in [0.25, 0.3) is 0 Å². The van der Waals surface area contributed by atoms with E-state index in [4.69, 9.17) is 5.73 Å². The summed E-state index contributed by atoms with van der Waals surface area (Å²) in [5, 5.41) is 11.7. The maximum Gasteiger partial charge on any atom is 0.319 e. The first-order valence-electron chi connectivity index (χ1n) is 10.7. The van der Waals surface area contributed by atoms with E-state index in [1.807, 2.05) is 18.2 Å². The van der Waals surface area contributed by atoms with Gasteiger partial charge in [-0.3, -0.25) is 9.59 Å². The SMILES string of the molecule is NC(=O)c1ccc(NC(=O)NCc2cccc(C(=O)Nc3ccc4c(c3)CNCC4)c2)cc1. The summed E-state index contributed by atoms with van der Waals surface area (Å²) in [5.74, 6) is -0.738. The Labute approximate surface area is 191 Å². The fraction of sp³-hybridized carbons (Fsp3) is 0.160. The highest BCUT2D eigenvalue weighted by molar-refractivity contribution is 6.04. The zero-order valence-corrected chi connectivity index (χ0v) is 18.0. The van der Waals surface area contributed by atoms with Gasteiger partial charge in [-0.25, -0.2) is 4.79 Å². The van der Waals surface area contributed by atoms with Crippen LogP contribution in [0.15, 0.2) is 66.7 Å². The van der Waals surface area contributed by atoms with Crippen molar-refractivity contribution in [3.05, 3.63) is 94.5 Å². The van der Waals surface area contributed by atoms with Crippen molar-refractivity contribution in [1.29, 1.82) is 0 Å². The van der Waals surface area contributed by atoms with E-state index in [-0.39, 0.29) is 12.5 Å². The van der Waals surface area contributed by atoms with Gasteiger partial charge in [-0.05, 0) is 78.2 Å². The number of benzene rings is 3. The molecule has 0 spiro atoms. The van der Waals surface area contributed by atoms with E-state index in [0.717, 1.165) is 30.8 Å². The molecule has 6 N–H and O–H groups in total. The molecule has 0 saturated carbocycles. The second-order valence-corrected chi connectivity index (χ2v) is 7.81. The molecule has 1 aliphatic heterocycles. The molecule has 3 aromatic rings. The predicted molar refractivity (Wildman–Crippen MR) is 127 cm³/mol. The Balaban J connectivity index is 1.33. The summed E-state index contributed by atoms with van der Waals surface area (Å²) in [6.07, 6.45) is 0.991. The smallest absolute Gasteiger partial charge is 0.319 e. The number of nitrogens with two attached hydrogens (primary N) is 1. The summed E-state index contributed by atoms with van der Waals surface area (Å²) < 4.78 is 0. The van der Waals surface area contributed by atoms with Crippen molar-refractivity contribution in [2.45, 2.75) is 19.5 Å². The zero-order chi connectivity index (χ0) is 23.2. The number of urea groups is 1. The maximum absolute atomic E-state index is 12.7. The number of fused-ring (bicyclic) bond motifs is 1.